The lowest BCUT2D eigenvalue weighted by Crippen LogP contribution is -2.40. The van der Waals surface area contributed by atoms with Gasteiger partial charge >= 0.3 is 0 Å². The van der Waals surface area contributed by atoms with Gasteiger partial charge in [0.15, 0.2) is 5.96 Å². The van der Waals surface area contributed by atoms with E-state index >= 15 is 0 Å². The molecule has 124 valence electrons. The van der Waals surface area contributed by atoms with Crippen molar-refractivity contribution < 1.29 is 9.53 Å². The van der Waals surface area contributed by atoms with Gasteiger partial charge in [-0.05, 0) is 31.0 Å². The van der Waals surface area contributed by atoms with E-state index in [4.69, 9.17) is 10.5 Å². The summed E-state index contributed by atoms with van der Waals surface area (Å²) < 4.78 is 5.01. The summed E-state index contributed by atoms with van der Waals surface area (Å²) in [6.45, 7) is 3.11. The van der Waals surface area contributed by atoms with Crippen LogP contribution in [0.4, 0.5) is 0 Å². The van der Waals surface area contributed by atoms with Crippen LogP contribution in [-0.4, -0.2) is 45.2 Å². The number of halogens is 1. The Morgan fingerprint density at radius 2 is 2.18 bits per heavy atom. The standard InChI is InChI=1S/C15H24N4O2.HI/c1-11(10-21-3)19-15(16)18-8-7-12-5-4-6-13(9-12)14(20)17-2;/h4-6,9,11H,7-8,10H2,1-3H3,(H,17,20)(H3,16,18,19);1H. The lowest BCUT2D eigenvalue weighted by molar-refractivity contribution is 0.0963. The number of carbonyl (C=O) groups excluding carboxylic acids is 1. The Kier molecular flexibility index (Phi) is 10.6. The number of hydrogen-bond acceptors (Lipinski definition) is 3. The number of hydrogen-bond donors (Lipinski definition) is 3. The average molecular weight is 420 g/mol. The third kappa shape index (κ3) is 7.60. The normalized spacial score (nSPS) is 12.2. The van der Waals surface area contributed by atoms with E-state index in [0.717, 1.165) is 12.0 Å². The molecule has 1 aromatic rings. The van der Waals surface area contributed by atoms with Gasteiger partial charge in [0.05, 0.1) is 6.61 Å². The van der Waals surface area contributed by atoms with E-state index in [0.29, 0.717) is 24.7 Å². The van der Waals surface area contributed by atoms with Crippen LogP contribution in [0.3, 0.4) is 0 Å². The molecule has 0 aromatic heterocycles. The van der Waals surface area contributed by atoms with Crippen LogP contribution >= 0.6 is 24.0 Å². The van der Waals surface area contributed by atoms with Crippen LogP contribution in [-0.2, 0) is 11.2 Å². The molecular formula is C15H25IN4O2. The maximum absolute atomic E-state index is 11.5. The Morgan fingerprint density at radius 1 is 1.45 bits per heavy atom. The van der Waals surface area contributed by atoms with E-state index in [1.165, 1.54) is 0 Å². The molecule has 1 amide bonds. The van der Waals surface area contributed by atoms with Gasteiger partial charge in [0.25, 0.3) is 5.91 Å². The van der Waals surface area contributed by atoms with Crippen molar-refractivity contribution in [1.82, 2.24) is 10.6 Å². The highest BCUT2D eigenvalue weighted by molar-refractivity contribution is 14.0. The van der Waals surface area contributed by atoms with Gasteiger partial charge in [-0.15, -0.1) is 24.0 Å². The molecule has 0 bridgehead atoms. The van der Waals surface area contributed by atoms with Gasteiger partial charge < -0.3 is 21.1 Å². The van der Waals surface area contributed by atoms with Crippen molar-refractivity contribution in [2.45, 2.75) is 19.4 Å². The summed E-state index contributed by atoms with van der Waals surface area (Å²) in [5.41, 5.74) is 7.49. The second-order valence-corrected chi connectivity index (χ2v) is 4.80. The molecule has 0 saturated heterocycles. The van der Waals surface area contributed by atoms with Crippen molar-refractivity contribution in [2.75, 3.05) is 27.3 Å². The largest absolute Gasteiger partial charge is 0.383 e. The molecular weight excluding hydrogens is 395 g/mol. The molecule has 1 unspecified atom stereocenters. The highest BCUT2D eigenvalue weighted by atomic mass is 127. The fraction of sp³-hybridized carbons (Fsp3) is 0.467. The molecule has 22 heavy (non-hydrogen) atoms. The van der Waals surface area contributed by atoms with Crippen LogP contribution in [0, 0.1) is 0 Å². The number of nitrogens with one attached hydrogen (secondary N) is 2. The SMILES string of the molecule is CNC(=O)c1cccc(CCN=C(N)NC(C)COC)c1.I. The van der Waals surface area contributed by atoms with Gasteiger partial charge in [-0.25, -0.2) is 0 Å². The minimum Gasteiger partial charge on any atom is -0.383 e. The van der Waals surface area contributed by atoms with Crippen LogP contribution in [0.2, 0.25) is 0 Å². The average Bonchev–Trinajstić information content (AvgIpc) is 2.47. The molecule has 0 heterocycles. The summed E-state index contributed by atoms with van der Waals surface area (Å²) in [5.74, 6) is 0.317. The topological polar surface area (TPSA) is 88.7 Å². The van der Waals surface area contributed by atoms with Crippen LogP contribution in [0.25, 0.3) is 0 Å². The van der Waals surface area contributed by atoms with Gasteiger partial charge in [-0.1, -0.05) is 12.1 Å². The molecule has 0 fully saturated rings. The first-order chi connectivity index (χ1) is 10.1. The predicted octanol–water partition coefficient (Wildman–Crippen LogP) is 1.15. The molecule has 7 heteroatoms. The molecule has 1 atom stereocenters. The quantitative estimate of drug-likeness (QED) is 0.351. The first-order valence-corrected chi connectivity index (χ1v) is 6.93. The van der Waals surface area contributed by atoms with Crippen LogP contribution in [0.15, 0.2) is 29.3 Å². The van der Waals surface area contributed by atoms with Gasteiger partial charge in [0, 0.05) is 32.3 Å². The molecule has 0 aliphatic carbocycles. The summed E-state index contributed by atoms with van der Waals surface area (Å²) in [5, 5.41) is 5.65. The zero-order valence-corrected chi connectivity index (χ0v) is 15.6. The van der Waals surface area contributed by atoms with E-state index in [1.807, 2.05) is 25.1 Å². The summed E-state index contributed by atoms with van der Waals surface area (Å²) in [7, 11) is 3.26. The lowest BCUT2D eigenvalue weighted by atomic mass is 10.1. The number of benzene rings is 1. The number of methoxy groups -OCH3 is 1. The monoisotopic (exact) mass is 420 g/mol. The molecule has 0 radical (unpaired) electrons. The Morgan fingerprint density at radius 3 is 2.82 bits per heavy atom. The molecule has 0 aliphatic heterocycles. The zero-order valence-electron chi connectivity index (χ0n) is 13.3. The maximum Gasteiger partial charge on any atom is 0.251 e. The van der Waals surface area contributed by atoms with Crippen LogP contribution in [0.5, 0.6) is 0 Å². The highest BCUT2D eigenvalue weighted by Gasteiger charge is 2.04. The molecule has 1 aromatic carbocycles. The fourth-order valence-corrected chi connectivity index (χ4v) is 1.91. The Balaban J connectivity index is 0.00000441. The van der Waals surface area contributed by atoms with Crippen LogP contribution in [0.1, 0.15) is 22.8 Å². The van der Waals surface area contributed by atoms with Crippen LogP contribution < -0.4 is 16.4 Å². The van der Waals surface area contributed by atoms with Crippen molar-refractivity contribution in [3.8, 4) is 0 Å². The molecule has 0 saturated carbocycles. The number of amides is 1. The summed E-state index contributed by atoms with van der Waals surface area (Å²) >= 11 is 0. The summed E-state index contributed by atoms with van der Waals surface area (Å²) in [6.07, 6.45) is 0.728. The van der Waals surface area contributed by atoms with Crippen molar-refractivity contribution in [1.29, 1.82) is 0 Å². The number of ether oxygens (including phenoxy) is 1. The smallest absolute Gasteiger partial charge is 0.251 e. The number of nitrogens with zero attached hydrogens (tertiary/aromatic N) is 1. The summed E-state index contributed by atoms with van der Waals surface area (Å²) in [4.78, 5) is 15.8. The molecule has 4 N–H and O–H groups in total. The molecule has 1 rings (SSSR count). The van der Waals surface area contributed by atoms with E-state index in [2.05, 4.69) is 15.6 Å². The van der Waals surface area contributed by atoms with Gasteiger partial charge in [0.2, 0.25) is 0 Å². The van der Waals surface area contributed by atoms with E-state index in [1.54, 1.807) is 20.2 Å². The first-order valence-electron chi connectivity index (χ1n) is 6.93. The van der Waals surface area contributed by atoms with Crippen molar-refractivity contribution in [3.05, 3.63) is 35.4 Å². The number of rotatable bonds is 7. The number of carbonyl (C=O) groups is 1. The minimum absolute atomic E-state index is 0. The van der Waals surface area contributed by atoms with Gasteiger partial charge in [-0.2, -0.15) is 0 Å². The number of nitrogens with two attached hydrogens (primary N) is 1. The highest BCUT2D eigenvalue weighted by Crippen LogP contribution is 2.06. The predicted molar refractivity (Wildman–Crippen MR) is 99.9 cm³/mol. The van der Waals surface area contributed by atoms with Gasteiger partial charge in [0.1, 0.15) is 0 Å². The number of aliphatic imine (C=N–C) groups is 1. The Bertz CT molecular complexity index is 494. The first kappa shape index (κ1) is 20.6. The van der Waals surface area contributed by atoms with E-state index in [9.17, 15) is 4.79 Å². The molecule has 6 nitrogen and oxygen atoms in total. The van der Waals surface area contributed by atoms with Gasteiger partial charge in [-0.3, -0.25) is 9.79 Å². The Hall–Kier alpha value is -1.35. The third-order valence-corrected chi connectivity index (χ3v) is 2.91. The second-order valence-electron chi connectivity index (χ2n) is 4.80. The maximum atomic E-state index is 11.5. The lowest BCUT2D eigenvalue weighted by Gasteiger charge is -2.13. The fourth-order valence-electron chi connectivity index (χ4n) is 1.91. The van der Waals surface area contributed by atoms with Crippen molar-refractivity contribution in [3.63, 3.8) is 0 Å². The van der Waals surface area contributed by atoms with Crippen molar-refractivity contribution >= 4 is 35.8 Å². The van der Waals surface area contributed by atoms with E-state index in [-0.39, 0.29) is 35.9 Å². The summed E-state index contributed by atoms with van der Waals surface area (Å²) in [6, 6.07) is 7.61. The number of guanidine groups is 1. The zero-order chi connectivity index (χ0) is 15.7. The Labute approximate surface area is 148 Å². The molecule has 0 spiro atoms. The van der Waals surface area contributed by atoms with E-state index < -0.39 is 0 Å². The van der Waals surface area contributed by atoms with Crippen molar-refractivity contribution in [2.24, 2.45) is 10.7 Å². The third-order valence-electron chi connectivity index (χ3n) is 2.91. The minimum atomic E-state index is -0.0880. The second kappa shape index (κ2) is 11.2. The molecule has 0 aliphatic rings.